The second kappa shape index (κ2) is 4.49. The molecule has 0 saturated heterocycles. The van der Waals surface area contributed by atoms with Crippen LogP contribution in [0.4, 0.5) is 0 Å². The molecule has 1 unspecified atom stereocenters. The van der Waals surface area contributed by atoms with Crippen LogP contribution < -0.4 is 0 Å². The molecule has 0 radical (unpaired) electrons. The molecule has 0 aliphatic heterocycles. The van der Waals surface area contributed by atoms with Gasteiger partial charge in [0.2, 0.25) is 0 Å². The van der Waals surface area contributed by atoms with Crippen LogP contribution in [0.3, 0.4) is 0 Å². The Morgan fingerprint density at radius 1 is 1.26 bits per heavy atom. The van der Waals surface area contributed by atoms with Crippen molar-refractivity contribution in [2.75, 3.05) is 6.26 Å². The van der Waals surface area contributed by atoms with Gasteiger partial charge in [-0.15, -0.1) is 0 Å². The van der Waals surface area contributed by atoms with E-state index < -0.39 is 15.1 Å². The lowest BCUT2D eigenvalue weighted by Crippen LogP contribution is -2.26. The van der Waals surface area contributed by atoms with Gasteiger partial charge in [0.05, 0.1) is 11.3 Å². The van der Waals surface area contributed by atoms with Crippen molar-refractivity contribution in [3.8, 4) is 0 Å². The number of sulfone groups is 1. The summed E-state index contributed by atoms with van der Waals surface area (Å²) in [5, 5.41) is 3.83. The third-order valence-electron chi connectivity index (χ3n) is 3.76. The Kier molecular flexibility index (Phi) is 2.93. The quantitative estimate of drug-likeness (QED) is 0.844. The van der Waals surface area contributed by atoms with Crippen LogP contribution >= 0.6 is 0 Å². The van der Waals surface area contributed by atoms with Gasteiger partial charge in [0.1, 0.15) is 0 Å². The predicted molar refractivity (Wildman–Crippen MR) is 73.6 cm³/mol. The van der Waals surface area contributed by atoms with Crippen molar-refractivity contribution in [2.45, 2.75) is 24.1 Å². The summed E-state index contributed by atoms with van der Waals surface area (Å²) in [6.45, 7) is 0. The smallest absolute Gasteiger partial charge is 0.154 e. The molecule has 0 bridgehead atoms. The zero-order chi connectivity index (χ0) is 13.5. The van der Waals surface area contributed by atoms with Gasteiger partial charge in [-0.1, -0.05) is 24.3 Å². The van der Waals surface area contributed by atoms with Crippen LogP contribution in [0.1, 0.15) is 28.8 Å². The van der Waals surface area contributed by atoms with Gasteiger partial charge in [0.15, 0.2) is 9.84 Å². The highest BCUT2D eigenvalue weighted by molar-refractivity contribution is 7.90. The first-order chi connectivity index (χ1) is 9.05. The first kappa shape index (κ1) is 12.4. The zero-order valence-electron chi connectivity index (χ0n) is 10.7. The number of hydrogen-bond acceptors (Lipinski definition) is 3. The number of fused-ring (bicyclic) bond motifs is 1. The Morgan fingerprint density at radius 2 is 2.05 bits per heavy atom. The molecule has 3 rings (SSSR count). The van der Waals surface area contributed by atoms with Gasteiger partial charge in [0.25, 0.3) is 0 Å². The van der Waals surface area contributed by atoms with Gasteiger partial charge < -0.3 is 0 Å². The summed E-state index contributed by atoms with van der Waals surface area (Å²) < 4.78 is 25.9. The molecule has 2 atom stereocenters. The Morgan fingerprint density at radius 3 is 2.74 bits per heavy atom. The topological polar surface area (TPSA) is 52.0 Å². The summed E-state index contributed by atoms with van der Waals surface area (Å²) in [4.78, 5) is 0. The normalized spacial score (nSPS) is 23.0. The second-order valence-corrected chi connectivity index (χ2v) is 7.32. The monoisotopic (exact) mass is 276 g/mol. The van der Waals surface area contributed by atoms with E-state index in [1.165, 1.54) is 6.26 Å². The van der Waals surface area contributed by atoms with Gasteiger partial charge in [-0.2, -0.15) is 5.10 Å². The highest BCUT2D eigenvalue weighted by Gasteiger charge is 2.33. The molecule has 0 fully saturated rings. The first-order valence-electron chi connectivity index (χ1n) is 6.31. The van der Waals surface area contributed by atoms with Crippen molar-refractivity contribution in [1.82, 2.24) is 9.78 Å². The maximum absolute atomic E-state index is 12.0. The number of nitrogens with zero attached hydrogens (tertiary/aromatic N) is 2. The zero-order valence-corrected chi connectivity index (χ0v) is 11.5. The van der Waals surface area contributed by atoms with Crippen molar-refractivity contribution in [3.63, 3.8) is 0 Å². The summed E-state index contributed by atoms with van der Waals surface area (Å²) in [7, 11) is -3.10. The Labute approximate surface area is 113 Å². The van der Waals surface area contributed by atoms with Crippen molar-refractivity contribution < 1.29 is 8.42 Å². The number of aromatic nitrogens is 2. The Balaban J connectivity index is 2.06. The van der Waals surface area contributed by atoms with Crippen molar-refractivity contribution >= 4 is 9.84 Å². The average molecular weight is 276 g/mol. The third-order valence-corrected chi connectivity index (χ3v) is 5.24. The fourth-order valence-corrected chi connectivity index (χ4v) is 4.11. The molecule has 1 aliphatic carbocycles. The standard InChI is InChI=1S/C14H16N2O2S/c1-19(17,18)14-10-12(16-8-4-7-15-16)9-11-5-2-3-6-13(11)14/h2-8,12,14H,9-10H2,1H3/t12-,14?/m1/s1. The molecular formula is C14H16N2O2S. The van der Waals surface area contributed by atoms with E-state index in [4.69, 9.17) is 0 Å². The molecule has 1 aromatic heterocycles. The minimum atomic E-state index is -3.10. The lowest BCUT2D eigenvalue weighted by molar-refractivity contribution is 0.394. The van der Waals surface area contributed by atoms with E-state index in [9.17, 15) is 8.42 Å². The van der Waals surface area contributed by atoms with E-state index in [0.29, 0.717) is 6.42 Å². The van der Waals surface area contributed by atoms with E-state index in [1.54, 1.807) is 6.20 Å². The van der Waals surface area contributed by atoms with Crippen molar-refractivity contribution in [3.05, 3.63) is 53.9 Å². The summed E-state index contributed by atoms with van der Waals surface area (Å²) in [5.74, 6) is 0. The molecule has 5 heteroatoms. The lowest BCUT2D eigenvalue weighted by atomic mass is 9.88. The van der Waals surface area contributed by atoms with E-state index in [0.717, 1.165) is 17.5 Å². The van der Waals surface area contributed by atoms with E-state index in [-0.39, 0.29) is 6.04 Å². The van der Waals surface area contributed by atoms with Crippen LogP contribution in [0.5, 0.6) is 0 Å². The molecule has 2 aromatic rings. The first-order valence-corrected chi connectivity index (χ1v) is 8.27. The average Bonchev–Trinajstić information content (AvgIpc) is 2.90. The van der Waals surface area contributed by atoms with Crippen molar-refractivity contribution in [2.24, 2.45) is 0 Å². The Hall–Kier alpha value is -1.62. The van der Waals surface area contributed by atoms with E-state index in [2.05, 4.69) is 5.10 Å². The molecule has 0 amide bonds. The van der Waals surface area contributed by atoms with Gasteiger partial charge in [-0.25, -0.2) is 8.42 Å². The molecule has 1 aromatic carbocycles. The molecule has 0 spiro atoms. The van der Waals surface area contributed by atoms with Crippen LogP contribution in [-0.2, 0) is 16.3 Å². The van der Waals surface area contributed by atoms with E-state index >= 15 is 0 Å². The summed E-state index contributed by atoms with van der Waals surface area (Å²) >= 11 is 0. The Bertz CT molecular complexity index is 677. The van der Waals surface area contributed by atoms with Crippen LogP contribution in [0.2, 0.25) is 0 Å². The van der Waals surface area contributed by atoms with Crippen molar-refractivity contribution in [1.29, 1.82) is 0 Å². The summed E-state index contributed by atoms with van der Waals surface area (Å²) in [5.41, 5.74) is 2.07. The predicted octanol–water partition coefficient (Wildman–Crippen LogP) is 2.16. The third kappa shape index (κ3) is 2.30. The van der Waals surface area contributed by atoms with Crippen LogP contribution in [0.15, 0.2) is 42.7 Å². The van der Waals surface area contributed by atoms with Crippen LogP contribution in [0.25, 0.3) is 0 Å². The SMILES string of the molecule is CS(=O)(=O)C1C[C@H](n2cccn2)Cc2ccccc21. The number of benzene rings is 1. The molecule has 4 nitrogen and oxygen atoms in total. The second-order valence-electron chi connectivity index (χ2n) is 5.10. The maximum Gasteiger partial charge on any atom is 0.154 e. The van der Waals surface area contributed by atoms with Gasteiger partial charge in [0, 0.05) is 18.6 Å². The molecule has 1 aliphatic rings. The molecule has 19 heavy (non-hydrogen) atoms. The minimum Gasteiger partial charge on any atom is -0.269 e. The summed E-state index contributed by atoms with van der Waals surface area (Å²) in [6, 6.07) is 9.80. The largest absolute Gasteiger partial charge is 0.269 e. The highest BCUT2D eigenvalue weighted by Crippen LogP contribution is 2.39. The van der Waals surface area contributed by atoms with Crippen LogP contribution in [-0.4, -0.2) is 24.5 Å². The highest BCUT2D eigenvalue weighted by atomic mass is 32.2. The van der Waals surface area contributed by atoms with Gasteiger partial charge >= 0.3 is 0 Å². The lowest BCUT2D eigenvalue weighted by Gasteiger charge is -2.30. The molecule has 0 saturated carbocycles. The summed E-state index contributed by atoms with van der Waals surface area (Å²) in [6.07, 6.45) is 6.38. The fourth-order valence-electron chi connectivity index (χ4n) is 2.85. The van der Waals surface area contributed by atoms with E-state index in [1.807, 2.05) is 41.2 Å². The molecular weight excluding hydrogens is 260 g/mol. The van der Waals surface area contributed by atoms with Gasteiger partial charge in [-0.3, -0.25) is 4.68 Å². The number of rotatable bonds is 2. The van der Waals surface area contributed by atoms with Crippen LogP contribution in [0, 0.1) is 0 Å². The molecule has 0 N–H and O–H groups in total. The fraction of sp³-hybridized carbons (Fsp3) is 0.357. The maximum atomic E-state index is 12.0. The number of hydrogen-bond donors (Lipinski definition) is 0. The minimum absolute atomic E-state index is 0.115. The molecule has 1 heterocycles. The molecule has 100 valence electrons. The van der Waals surface area contributed by atoms with Gasteiger partial charge in [-0.05, 0) is 30.0 Å².